The van der Waals surface area contributed by atoms with Crippen molar-refractivity contribution < 1.29 is 4.79 Å². The Balaban J connectivity index is 1.20. The van der Waals surface area contributed by atoms with Gasteiger partial charge < -0.3 is 5.32 Å². The summed E-state index contributed by atoms with van der Waals surface area (Å²) in [7, 11) is 4.08. The molecule has 4 heteroatoms. The van der Waals surface area contributed by atoms with Gasteiger partial charge in [-0.15, -0.1) is 0 Å². The molecule has 4 aliphatic carbocycles. The zero-order valence-electron chi connectivity index (χ0n) is 13.5. The van der Waals surface area contributed by atoms with Gasteiger partial charge in [0.2, 0.25) is 5.91 Å². The first-order valence-electron chi connectivity index (χ1n) is 9.30. The molecule has 0 unspecified atom stereocenters. The predicted molar refractivity (Wildman–Crippen MR) is 96.0 cm³/mol. The summed E-state index contributed by atoms with van der Waals surface area (Å²) in [6.45, 7) is 0. The number of carbonyl (C=O) groups is 1. The van der Waals surface area contributed by atoms with E-state index < -0.39 is 0 Å². The molecule has 0 aromatic carbocycles. The molecule has 124 valence electrons. The molecule has 1 atom stereocenters. The highest BCUT2D eigenvalue weighted by Gasteiger charge is 2.51. The van der Waals surface area contributed by atoms with Crippen LogP contribution in [0.5, 0.6) is 0 Å². The Bertz CT molecular complexity index is 384. The van der Waals surface area contributed by atoms with E-state index in [1.807, 2.05) is 10.8 Å². The Morgan fingerprint density at radius 3 is 2.32 bits per heavy atom. The van der Waals surface area contributed by atoms with Crippen LogP contribution < -0.4 is 5.32 Å². The number of unbranched alkanes of at least 4 members (excludes halogenated alkanes) is 1. The van der Waals surface area contributed by atoms with Gasteiger partial charge in [0.25, 0.3) is 0 Å². The topological polar surface area (TPSA) is 29.1 Å². The van der Waals surface area contributed by atoms with Crippen molar-refractivity contribution >= 4 is 27.5 Å². The summed E-state index contributed by atoms with van der Waals surface area (Å²) in [4.78, 5) is 12.4. The van der Waals surface area contributed by atoms with Gasteiger partial charge >= 0.3 is 0 Å². The van der Waals surface area contributed by atoms with Crippen molar-refractivity contribution in [3.05, 3.63) is 0 Å². The van der Waals surface area contributed by atoms with Crippen molar-refractivity contribution in [2.75, 3.05) is 5.75 Å². The third kappa shape index (κ3) is 3.48. The van der Waals surface area contributed by atoms with Crippen LogP contribution in [0.15, 0.2) is 0 Å². The summed E-state index contributed by atoms with van der Waals surface area (Å²) < 4.78 is 0. The Kier molecular flexibility index (Phi) is 4.69. The first-order valence-corrected chi connectivity index (χ1v) is 11.7. The molecule has 2 nitrogen and oxygen atoms in total. The second-order valence-corrected chi connectivity index (χ2v) is 11.1. The van der Waals surface area contributed by atoms with Crippen molar-refractivity contribution in [3.63, 3.8) is 0 Å². The molecule has 0 aromatic rings. The van der Waals surface area contributed by atoms with Gasteiger partial charge in [-0.05, 0) is 75.5 Å². The van der Waals surface area contributed by atoms with Crippen LogP contribution in [-0.2, 0) is 4.79 Å². The summed E-state index contributed by atoms with van der Waals surface area (Å²) in [5.41, 5.74) is 0.212. The maximum Gasteiger partial charge on any atom is 0.220 e. The van der Waals surface area contributed by atoms with Gasteiger partial charge in [-0.2, -0.15) is 0 Å². The highest BCUT2D eigenvalue weighted by molar-refractivity contribution is 8.77. The van der Waals surface area contributed by atoms with Crippen molar-refractivity contribution in [1.29, 1.82) is 0 Å². The van der Waals surface area contributed by atoms with Crippen LogP contribution in [0.2, 0.25) is 0 Å². The lowest BCUT2D eigenvalue weighted by atomic mass is 9.53. The number of amides is 1. The summed E-state index contributed by atoms with van der Waals surface area (Å²) in [5.74, 6) is 4.42. The molecule has 1 N–H and O–H groups in total. The monoisotopic (exact) mass is 339 g/mol. The second-order valence-electron chi connectivity index (χ2n) is 8.32. The average Bonchev–Trinajstić information content (AvgIpc) is 2.94. The van der Waals surface area contributed by atoms with E-state index in [0.717, 1.165) is 35.8 Å². The van der Waals surface area contributed by atoms with Gasteiger partial charge in [0, 0.05) is 23.0 Å². The maximum atomic E-state index is 12.4. The molecular formula is C18H29NOS2. The van der Waals surface area contributed by atoms with Crippen LogP contribution in [0, 0.1) is 17.8 Å². The smallest absolute Gasteiger partial charge is 0.220 e. The number of nitrogens with one attached hydrogen (secondary N) is 1. The van der Waals surface area contributed by atoms with Crippen LogP contribution in [0.4, 0.5) is 0 Å². The van der Waals surface area contributed by atoms with Crippen LogP contribution in [0.3, 0.4) is 0 Å². The molecule has 4 bridgehead atoms. The minimum absolute atomic E-state index is 0.212. The summed E-state index contributed by atoms with van der Waals surface area (Å²) in [6.07, 6.45) is 13.9. The molecule has 5 fully saturated rings. The van der Waals surface area contributed by atoms with E-state index in [1.54, 1.807) is 0 Å². The van der Waals surface area contributed by atoms with Gasteiger partial charge in [-0.3, -0.25) is 4.79 Å². The minimum Gasteiger partial charge on any atom is -0.351 e. The summed E-state index contributed by atoms with van der Waals surface area (Å²) in [6, 6.07) is 0. The van der Waals surface area contributed by atoms with Crippen LogP contribution in [-0.4, -0.2) is 22.4 Å². The largest absolute Gasteiger partial charge is 0.351 e. The summed E-state index contributed by atoms with van der Waals surface area (Å²) in [5, 5.41) is 4.36. The van der Waals surface area contributed by atoms with E-state index in [4.69, 9.17) is 0 Å². The van der Waals surface area contributed by atoms with E-state index in [1.165, 1.54) is 63.5 Å². The van der Waals surface area contributed by atoms with Crippen LogP contribution in [0.25, 0.3) is 0 Å². The first-order chi connectivity index (χ1) is 10.7. The summed E-state index contributed by atoms with van der Waals surface area (Å²) >= 11 is 0. The number of hydrogen-bond acceptors (Lipinski definition) is 3. The third-order valence-electron chi connectivity index (χ3n) is 6.35. The Hall–Kier alpha value is 0.170. The SMILES string of the molecule is O=C(CCCC[C@H]1CCSS1)NC12CC3CC(CC(C3)C1)C2. The molecule has 1 aliphatic heterocycles. The van der Waals surface area contributed by atoms with E-state index >= 15 is 0 Å². The van der Waals surface area contributed by atoms with Gasteiger partial charge in [-0.1, -0.05) is 28.0 Å². The van der Waals surface area contributed by atoms with Crippen molar-refractivity contribution in [1.82, 2.24) is 5.32 Å². The minimum atomic E-state index is 0.212. The van der Waals surface area contributed by atoms with Crippen molar-refractivity contribution in [2.24, 2.45) is 17.8 Å². The lowest BCUT2D eigenvalue weighted by Gasteiger charge is -2.56. The molecule has 1 saturated heterocycles. The van der Waals surface area contributed by atoms with E-state index in [9.17, 15) is 4.79 Å². The average molecular weight is 340 g/mol. The molecule has 4 saturated carbocycles. The van der Waals surface area contributed by atoms with Gasteiger partial charge in [0.1, 0.15) is 0 Å². The lowest BCUT2D eigenvalue weighted by molar-refractivity contribution is -0.127. The van der Waals surface area contributed by atoms with E-state index in [2.05, 4.69) is 16.1 Å². The fraction of sp³-hybridized carbons (Fsp3) is 0.944. The Morgan fingerprint density at radius 2 is 1.73 bits per heavy atom. The van der Waals surface area contributed by atoms with Gasteiger partial charge in [0.15, 0.2) is 0 Å². The maximum absolute atomic E-state index is 12.4. The highest BCUT2D eigenvalue weighted by Crippen LogP contribution is 2.55. The zero-order chi connectivity index (χ0) is 15.0. The second kappa shape index (κ2) is 6.58. The van der Waals surface area contributed by atoms with Crippen molar-refractivity contribution in [2.45, 2.75) is 81.4 Å². The molecule has 1 heterocycles. The van der Waals surface area contributed by atoms with Gasteiger partial charge in [-0.25, -0.2) is 0 Å². The van der Waals surface area contributed by atoms with E-state index in [-0.39, 0.29) is 5.54 Å². The van der Waals surface area contributed by atoms with Crippen molar-refractivity contribution in [3.8, 4) is 0 Å². The number of hydrogen-bond donors (Lipinski definition) is 1. The fourth-order valence-corrected chi connectivity index (χ4v) is 8.87. The van der Waals surface area contributed by atoms with E-state index in [0.29, 0.717) is 5.91 Å². The fourth-order valence-electron chi connectivity index (χ4n) is 5.84. The zero-order valence-corrected chi connectivity index (χ0v) is 15.2. The standard InChI is InChI=1S/C18H29NOS2/c20-17(4-2-1-3-16-5-6-21-22-16)19-18-10-13-7-14(11-18)9-15(8-13)12-18/h13-16H,1-12H2,(H,19,20)/t13?,14?,15?,16-,18?/m0/s1. The normalized spacial score (nSPS) is 42.7. The van der Waals surface area contributed by atoms with Gasteiger partial charge in [0.05, 0.1) is 0 Å². The number of carbonyl (C=O) groups excluding carboxylic acids is 1. The highest BCUT2D eigenvalue weighted by atomic mass is 33.1. The molecule has 5 aliphatic rings. The Morgan fingerprint density at radius 1 is 1.05 bits per heavy atom. The molecule has 1 amide bonds. The number of rotatable bonds is 6. The Labute approximate surface area is 142 Å². The molecule has 0 radical (unpaired) electrons. The predicted octanol–water partition coefficient (Wildman–Crippen LogP) is 4.79. The first kappa shape index (κ1) is 15.7. The molecule has 22 heavy (non-hydrogen) atoms. The molecule has 0 aromatic heterocycles. The lowest BCUT2D eigenvalue weighted by Crippen LogP contribution is -2.59. The quantitative estimate of drug-likeness (QED) is 0.557. The molecule has 0 spiro atoms. The van der Waals surface area contributed by atoms with Crippen LogP contribution in [0.1, 0.15) is 70.6 Å². The third-order valence-corrected chi connectivity index (χ3v) is 9.36. The molecule has 5 rings (SSSR count). The van der Waals surface area contributed by atoms with Crippen LogP contribution >= 0.6 is 21.6 Å². The molecular weight excluding hydrogens is 310 g/mol.